The van der Waals surface area contributed by atoms with Crippen LogP contribution in [-0.2, 0) is 9.53 Å². The fourth-order valence-electron chi connectivity index (χ4n) is 1.96. The van der Waals surface area contributed by atoms with Gasteiger partial charge in [0.2, 0.25) is 5.91 Å². The van der Waals surface area contributed by atoms with E-state index in [1.54, 1.807) is 6.08 Å². The molecule has 1 saturated heterocycles. The van der Waals surface area contributed by atoms with E-state index >= 15 is 0 Å². The van der Waals surface area contributed by atoms with Gasteiger partial charge >= 0.3 is 0 Å². The largest absolute Gasteiger partial charge is 0.376 e. The van der Waals surface area contributed by atoms with E-state index in [4.69, 9.17) is 16.3 Å². The highest BCUT2D eigenvalue weighted by Gasteiger charge is 2.15. The molecule has 1 aromatic carbocycles. The summed E-state index contributed by atoms with van der Waals surface area (Å²) in [5, 5.41) is 3.55. The van der Waals surface area contributed by atoms with E-state index in [0.29, 0.717) is 11.6 Å². The summed E-state index contributed by atoms with van der Waals surface area (Å²) in [4.78, 5) is 11.6. The molecule has 1 fully saturated rings. The minimum absolute atomic E-state index is 0.104. The molecular weight excluding hydrogens is 262 g/mol. The number of aryl methyl sites for hydroxylation is 1. The van der Waals surface area contributed by atoms with Crippen molar-refractivity contribution in [2.24, 2.45) is 0 Å². The van der Waals surface area contributed by atoms with Gasteiger partial charge < -0.3 is 10.1 Å². The molecule has 0 radical (unpaired) electrons. The van der Waals surface area contributed by atoms with E-state index in [1.165, 1.54) is 6.08 Å². The fourth-order valence-corrected chi connectivity index (χ4v) is 2.15. The first-order valence-corrected chi connectivity index (χ1v) is 6.86. The van der Waals surface area contributed by atoms with Crippen LogP contribution in [0.25, 0.3) is 6.08 Å². The van der Waals surface area contributed by atoms with E-state index in [-0.39, 0.29) is 12.0 Å². The molecule has 1 aliphatic rings. The third-order valence-electron chi connectivity index (χ3n) is 3.15. The number of amides is 1. The van der Waals surface area contributed by atoms with Crippen LogP contribution >= 0.6 is 11.6 Å². The Kier molecular flexibility index (Phi) is 5.00. The molecule has 1 atom stereocenters. The minimum atomic E-state index is -0.104. The van der Waals surface area contributed by atoms with Crippen LogP contribution in [0.1, 0.15) is 24.0 Å². The van der Waals surface area contributed by atoms with Gasteiger partial charge in [-0.1, -0.05) is 23.7 Å². The highest BCUT2D eigenvalue weighted by molar-refractivity contribution is 6.31. The molecule has 0 aliphatic carbocycles. The van der Waals surface area contributed by atoms with Crippen LogP contribution in [-0.4, -0.2) is 25.2 Å². The van der Waals surface area contributed by atoms with Gasteiger partial charge in [0, 0.05) is 24.3 Å². The highest BCUT2D eigenvalue weighted by atomic mass is 35.5. The molecule has 1 aliphatic heterocycles. The van der Waals surface area contributed by atoms with Crippen LogP contribution in [0.2, 0.25) is 5.02 Å². The van der Waals surface area contributed by atoms with Gasteiger partial charge in [0.25, 0.3) is 0 Å². The molecule has 2 rings (SSSR count). The lowest BCUT2D eigenvalue weighted by molar-refractivity contribution is -0.116. The van der Waals surface area contributed by atoms with Crippen molar-refractivity contribution in [1.82, 2.24) is 5.32 Å². The lowest BCUT2D eigenvalue weighted by atomic mass is 10.1. The summed E-state index contributed by atoms with van der Waals surface area (Å²) in [6.07, 6.45) is 5.56. The summed E-state index contributed by atoms with van der Waals surface area (Å²) in [5.41, 5.74) is 1.95. The summed E-state index contributed by atoms with van der Waals surface area (Å²) < 4.78 is 5.44. The first-order chi connectivity index (χ1) is 9.15. The van der Waals surface area contributed by atoms with E-state index in [2.05, 4.69) is 5.32 Å². The molecule has 3 nitrogen and oxygen atoms in total. The monoisotopic (exact) mass is 279 g/mol. The Bertz CT molecular complexity index is 479. The Morgan fingerprint density at radius 1 is 1.58 bits per heavy atom. The molecule has 0 spiro atoms. The number of halogens is 1. The number of rotatable bonds is 4. The van der Waals surface area contributed by atoms with Crippen molar-refractivity contribution in [3.8, 4) is 0 Å². The molecule has 0 bridgehead atoms. The minimum Gasteiger partial charge on any atom is -0.376 e. The SMILES string of the molecule is Cc1ccc(/C=C/C(=O)NCC2CCCO2)cc1Cl. The Balaban J connectivity index is 1.83. The molecular formula is C15H18ClNO2. The Hall–Kier alpha value is -1.32. The fraction of sp³-hybridized carbons (Fsp3) is 0.400. The van der Waals surface area contributed by atoms with Crippen LogP contribution in [0.4, 0.5) is 0 Å². The normalized spacial score (nSPS) is 18.9. The summed E-state index contributed by atoms with van der Waals surface area (Å²) in [6.45, 7) is 3.33. The van der Waals surface area contributed by atoms with E-state index in [0.717, 1.165) is 30.6 Å². The van der Waals surface area contributed by atoms with E-state index in [9.17, 15) is 4.79 Å². The molecule has 0 saturated carbocycles. The summed E-state index contributed by atoms with van der Waals surface area (Å²) >= 11 is 6.03. The maximum atomic E-state index is 11.6. The summed E-state index contributed by atoms with van der Waals surface area (Å²) in [6, 6.07) is 5.72. The first kappa shape index (κ1) is 14.1. The van der Waals surface area contributed by atoms with Crippen molar-refractivity contribution >= 4 is 23.6 Å². The molecule has 19 heavy (non-hydrogen) atoms. The number of hydrogen-bond acceptors (Lipinski definition) is 2. The van der Waals surface area contributed by atoms with Gasteiger partial charge in [-0.3, -0.25) is 4.79 Å². The van der Waals surface area contributed by atoms with Crippen LogP contribution in [0.15, 0.2) is 24.3 Å². The molecule has 1 N–H and O–H groups in total. The van der Waals surface area contributed by atoms with Gasteiger partial charge in [0.1, 0.15) is 0 Å². The second-order valence-corrected chi connectivity index (χ2v) is 5.13. The van der Waals surface area contributed by atoms with Crippen molar-refractivity contribution in [3.63, 3.8) is 0 Å². The number of nitrogens with one attached hydrogen (secondary N) is 1. The summed E-state index contributed by atoms with van der Waals surface area (Å²) in [5.74, 6) is -0.104. The average Bonchev–Trinajstić information content (AvgIpc) is 2.91. The molecule has 0 aromatic heterocycles. The molecule has 1 unspecified atom stereocenters. The van der Waals surface area contributed by atoms with Crippen LogP contribution < -0.4 is 5.32 Å². The standard InChI is InChI=1S/C15H18ClNO2/c1-11-4-5-12(9-14(11)16)6-7-15(18)17-10-13-3-2-8-19-13/h4-7,9,13H,2-3,8,10H2,1H3,(H,17,18)/b7-6+. The quantitative estimate of drug-likeness (QED) is 0.861. The van der Waals surface area contributed by atoms with Gasteiger partial charge in [0.05, 0.1) is 6.10 Å². The maximum absolute atomic E-state index is 11.6. The number of ether oxygens (including phenoxy) is 1. The lowest BCUT2D eigenvalue weighted by Gasteiger charge is -2.08. The number of hydrogen-bond donors (Lipinski definition) is 1. The van der Waals surface area contributed by atoms with Crippen molar-refractivity contribution in [1.29, 1.82) is 0 Å². The van der Waals surface area contributed by atoms with Gasteiger partial charge in [-0.15, -0.1) is 0 Å². The van der Waals surface area contributed by atoms with E-state index in [1.807, 2.05) is 25.1 Å². The maximum Gasteiger partial charge on any atom is 0.244 e. The lowest BCUT2D eigenvalue weighted by Crippen LogP contribution is -2.30. The van der Waals surface area contributed by atoms with Crippen molar-refractivity contribution in [3.05, 3.63) is 40.4 Å². The Labute approximate surface area is 118 Å². The summed E-state index contributed by atoms with van der Waals surface area (Å²) in [7, 11) is 0. The third kappa shape index (κ3) is 4.37. The average molecular weight is 280 g/mol. The smallest absolute Gasteiger partial charge is 0.244 e. The Morgan fingerprint density at radius 2 is 2.42 bits per heavy atom. The molecule has 4 heteroatoms. The Morgan fingerprint density at radius 3 is 3.11 bits per heavy atom. The van der Waals surface area contributed by atoms with E-state index < -0.39 is 0 Å². The number of carbonyl (C=O) groups excluding carboxylic acids is 1. The number of carbonyl (C=O) groups is 1. The zero-order chi connectivity index (χ0) is 13.7. The van der Waals surface area contributed by atoms with Crippen LogP contribution in [0.3, 0.4) is 0 Å². The third-order valence-corrected chi connectivity index (χ3v) is 3.56. The zero-order valence-electron chi connectivity index (χ0n) is 11.0. The van der Waals surface area contributed by atoms with Gasteiger partial charge in [0.15, 0.2) is 0 Å². The van der Waals surface area contributed by atoms with Gasteiger partial charge in [-0.2, -0.15) is 0 Å². The molecule has 1 heterocycles. The molecule has 1 aromatic rings. The van der Waals surface area contributed by atoms with Gasteiger partial charge in [-0.05, 0) is 43.0 Å². The highest BCUT2D eigenvalue weighted by Crippen LogP contribution is 2.17. The number of benzene rings is 1. The van der Waals surface area contributed by atoms with Crippen molar-refractivity contribution in [2.75, 3.05) is 13.2 Å². The topological polar surface area (TPSA) is 38.3 Å². The zero-order valence-corrected chi connectivity index (χ0v) is 11.7. The van der Waals surface area contributed by atoms with Crippen molar-refractivity contribution < 1.29 is 9.53 Å². The predicted octanol–water partition coefficient (Wildman–Crippen LogP) is 2.96. The molecule has 1 amide bonds. The predicted molar refractivity (Wildman–Crippen MR) is 77.2 cm³/mol. The van der Waals surface area contributed by atoms with Gasteiger partial charge in [-0.25, -0.2) is 0 Å². The first-order valence-electron chi connectivity index (χ1n) is 6.49. The van der Waals surface area contributed by atoms with Crippen molar-refractivity contribution in [2.45, 2.75) is 25.9 Å². The second-order valence-electron chi connectivity index (χ2n) is 4.72. The second kappa shape index (κ2) is 6.73. The van der Waals surface area contributed by atoms with Crippen LogP contribution in [0, 0.1) is 6.92 Å². The molecule has 102 valence electrons. The van der Waals surface area contributed by atoms with Crippen LogP contribution in [0.5, 0.6) is 0 Å².